The minimum atomic E-state index is -0.775. The lowest BCUT2D eigenvalue weighted by molar-refractivity contribution is -0.142. The van der Waals surface area contributed by atoms with Gasteiger partial charge in [0.05, 0.1) is 10.6 Å². The molecule has 1 unspecified atom stereocenters. The zero-order chi connectivity index (χ0) is 12.6. The Labute approximate surface area is 102 Å². The van der Waals surface area contributed by atoms with E-state index in [4.69, 9.17) is 11.6 Å². The lowest BCUT2D eigenvalue weighted by Gasteiger charge is -2.35. The van der Waals surface area contributed by atoms with Crippen molar-refractivity contribution in [2.45, 2.75) is 12.5 Å². The van der Waals surface area contributed by atoms with Gasteiger partial charge in [-0.1, -0.05) is 17.7 Å². The SMILES string of the molecule is CC1(c2ccc(F)c(Cl)c2)CNC(=O)C(=O)N1. The molecule has 0 bridgehead atoms. The van der Waals surface area contributed by atoms with Gasteiger partial charge >= 0.3 is 11.8 Å². The Morgan fingerprint density at radius 1 is 1.35 bits per heavy atom. The summed E-state index contributed by atoms with van der Waals surface area (Å²) in [5.41, 5.74) is -0.139. The summed E-state index contributed by atoms with van der Waals surface area (Å²) in [5.74, 6) is -1.90. The van der Waals surface area contributed by atoms with Crippen LogP contribution in [0.1, 0.15) is 12.5 Å². The first-order valence-corrected chi connectivity index (χ1v) is 5.36. The fraction of sp³-hybridized carbons (Fsp3) is 0.273. The molecule has 0 spiro atoms. The zero-order valence-electron chi connectivity index (χ0n) is 9.01. The smallest absolute Gasteiger partial charge is 0.310 e. The maximum atomic E-state index is 13.0. The fourth-order valence-corrected chi connectivity index (χ4v) is 1.88. The van der Waals surface area contributed by atoms with Crippen molar-refractivity contribution in [1.82, 2.24) is 10.6 Å². The van der Waals surface area contributed by atoms with Crippen LogP contribution in [-0.4, -0.2) is 18.4 Å². The summed E-state index contributed by atoms with van der Waals surface area (Å²) in [6.45, 7) is 1.97. The molecule has 4 nitrogen and oxygen atoms in total. The Morgan fingerprint density at radius 3 is 2.65 bits per heavy atom. The molecule has 2 amide bonds. The molecule has 2 rings (SSSR count). The lowest BCUT2D eigenvalue weighted by atomic mass is 9.90. The number of nitrogens with one attached hydrogen (secondary N) is 2. The molecule has 6 heteroatoms. The molecule has 0 saturated carbocycles. The first kappa shape index (κ1) is 11.9. The van der Waals surface area contributed by atoms with Gasteiger partial charge in [-0.15, -0.1) is 0 Å². The van der Waals surface area contributed by atoms with E-state index in [2.05, 4.69) is 10.6 Å². The van der Waals surface area contributed by atoms with E-state index < -0.39 is 23.2 Å². The van der Waals surface area contributed by atoms with E-state index in [-0.39, 0.29) is 11.6 Å². The van der Waals surface area contributed by atoms with Crippen molar-refractivity contribution >= 4 is 23.4 Å². The van der Waals surface area contributed by atoms with E-state index in [1.54, 1.807) is 6.92 Å². The van der Waals surface area contributed by atoms with E-state index in [9.17, 15) is 14.0 Å². The number of hydrogen-bond acceptors (Lipinski definition) is 2. The summed E-state index contributed by atoms with van der Waals surface area (Å²) >= 11 is 5.69. The highest BCUT2D eigenvalue weighted by molar-refractivity contribution is 6.36. The number of halogens is 2. The molecule has 1 saturated heterocycles. The predicted octanol–water partition coefficient (Wildman–Crippen LogP) is 0.940. The van der Waals surface area contributed by atoms with Crippen LogP contribution < -0.4 is 10.6 Å². The molecule has 1 aliphatic heterocycles. The fourth-order valence-electron chi connectivity index (χ4n) is 1.70. The first-order valence-electron chi connectivity index (χ1n) is 4.98. The monoisotopic (exact) mass is 256 g/mol. The van der Waals surface area contributed by atoms with E-state index >= 15 is 0 Å². The van der Waals surface area contributed by atoms with Crippen LogP contribution in [0.3, 0.4) is 0 Å². The molecule has 1 aliphatic rings. The number of amides is 2. The molecule has 1 aromatic carbocycles. The third-order valence-corrected chi connectivity index (χ3v) is 3.04. The van der Waals surface area contributed by atoms with Gasteiger partial charge in [-0.3, -0.25) is 9.59 Å². The summed E-state index contributed by atoms with van der Waals surface area (Å²) in [6, 6.07) is 4.19. The Hall–Kier alpha value is -1.62. The van der Waals surface area contributed by atoms with Gasteiger partial charge in [-0.25, -0.2) is 4.39 Å². The number of piperazine rings is 1. The van der Waals surface area contributed by atoms with Crippen LogP contribution in [0.2, 0.25) is 5.02 Å². The molecule has 1 atom stereocenters. The van der Waals surface area contributed by atoms with E-state index in [0.717, 1.165) is 0 Å². The van der Waals surface area contributed by atoms with Crippen molar-refractivity contribution in [3.63, 3.8) is 0 Å². The Morgan fingerprint density at radius 2 is 2.06 bits per heavy atom. The highest BCUT2D eigenvalue weighted by Gasteiger charge is 2.36. The lowest BCUT2D eigenvalue weighted by Crippen LogP contribution is -2.60. The summed E-state index contributed by atoms with van der Waals surface area (Å²) < 4.78 is 13.0. The van der Waals surface area contributed by atoms with Crippen molar-refractivity contribution in [3.8, 4) is 0 Å². The van der Waals surface area contributed by atoms with E-state index in [1.807, 2.05) is 0 Å². The minimum Gasteiger partial charge on any atom is -0.345 e. The third kappa shape index (κ3) is 2.10. The van der Waals surface area contributed by atoms with E-state index in [0.29, 0.717) is 5.56 Å². The van der Waals surface area contributed by atoms with E-state index in [1.165, 1.54) is 18.2 Å². The molecule has 1 heterocycles. The average Bonchev–Trinajstić information content (AvgIpc) is 2.28. The van der Waals surface area contributed by atoms with Gasteiger partial charge in [-0.05, 0) is 24.6 Å². The number of carbonyl (C=O) groups is 2. The zero-order valence-corrected chi connectivity index (χ0v) is 9.77. The maximum Gasteiger partial charge on any atom is 0.310 e. The topological polar surface area (TPSA) is 58.2 Å². The van der Waals surface area contributed by atoms with Crippen LogP contribution in [0.4, 0.5) is 4.39 Å². The number of benzene rings is 1. The molecule has 0 aliphatic carbocycles. The van der Waals surface area contributed by atoms with Crippen molar-refractivity contribution in [1.29, 1.82) is 0 Å². The molecule has 90 valence electrons. The van der Waals surface area contributed by atoms with Crippen LogP contribution in [0.5, 0.6) is 0 Å². The summed E-state index contributed by atoms with van der Waals surface area (Å²) in [7, 11) is 0. The molecule has 2 N–H and O–H groups in total. The third-order valence-electron chi connectivity index (χ3n) is 2.75. The van der Waals surface area contributed by atoms with Crippen molar-refractivity contribution in [2.24, 2.45) is 0 Å². The molecule has 0 radical (unpaired) electrons. The van der Waals surface area contributed by atoms with Gasteiger partial charge in [0.15, 0.2) is 0 Å². The minimum absolute atomic E-state index is 0.0186. The largest absolute Gasteiger partial charge is 0.345 e. The normalized spacial score (nSPS) is 24.2. The number of hydrogen-bond donors (Lipinski definition) is 2. The van der Waals surface area contributed by atoms with Crippen LogP contribution in [0.25, 0.3) is 0 Å². The molecule has 1 fully saturated rings. The Balaban J connectivity index is 2.35. The molecule has 1 aromatic rings. The van der Waals surface area contributed by atoms with Crippen LogP contribution in [0, 0.1) is 5.82 Å². The second kappa shape index (κ2) is 4.00. The van der Waals surface area contributed by atoms with Crippen LogP contribution >= 0.6 is 11.6 Å². The summed E-state index contributed by atoms with van der Waals surface area (Å²) in [6.07, 6.45) is 0. The standard InChI is InChI=1S/C11H10ClFN2O2/c1-11(5-14-9(16)10(17)15-11)6-2-3-8(13)7(12)4-6/h2-4H,5H2,1H3,(H,14,16)(H,15,17). The van der Waals surface area contributed by atoms with Crippen molar-refractivity contribution in [3.05, 3.63) is 34.6 Å². The van der Waals surface area contributed by atoms with Crippen molar-refractivity contribution < 1.29 is 14.0 Å². The molecular weight excluding hydrogens is 247 g/mol. The average molecular weight is 257 g/mol. The summed E-state index contributed by atoms with van der Waals surface area (Å²) in [4.78, 5) is 22.3. The number of rotatable bonds is 1. The van der Waals surface area contributed by atoms with Gasteiger partial charge in [0.2, 0.25) is 0 Å². The van der Waals surface area contributed by atoms with Gasteiger partial charge in [0, 0.05) is 6.54 Å². The molecule has 17 heavy (non-hydrogen) atoms. The maximum absolute atomic E-state index is 13.0. The van der Waals surface area contributed by atoms with Gasteiger partial charge in [0.25, 0.3) is 0 Å². The Bertz CT molecular complexity index is 506. The van der Waals surface area contributed by atoms with Crippen molar-refractivity contribution in [2.75, 3.05) is 6.54 Å². The second-order valence-corrected chi connectivity index (χ2v) is 4.50. The van der Waals surface area contributed by atoms with Crippen LogP contribution in [0.15, 0.2) is 18.2 Å². The van der Waals surface area contributed by atoms with Gasteiger partial charge in [0.1, 0.15) is 5.82 Å². The highest BCUT2D eigenvalue weighted by atomic mass is 35.5. The summed E-state index contributed by atoms with van der Waals surface area (Å²) in [5, 5.41) is 5.02. The first-order chi connectivity index (χ1) is 7.92. The van der Waals surface area contributed by atoms with Crippen LogP contribution in [-0.2, 0) is 15.1 Å². The quantitative estimate of drug-likeness (QED) is 0.735. The second-order valence-electron chi connectivity index (χ2n) is 4.10. The van der Waals surface area contributed by atoms with Gasteiger partial charge < -0.3 is 10.6 Å². The Kier molecular flexibility index (Phi) is 2.79. The molecule has 0 aromatic heterocycles. The van der Waals surface area contributed by atoms with Gasteiger partial charge in [-0.2, -0.15) is 0 Å². The molecular formula is C11H10ClFN2O2. The highest BCUT2D eigenvalue weighted by Crippen LogP contribution is 2.26. The number of carbonyl (C=O) groups excluding carboxylic acids is 2. The predicted molar refractivity (Wildman–Crippen MR) is 59.9 cm³/mol.